The van der Waals surface area contributed by atoms with Crippen LogP contribution in [0.1, 0.15) is 31.4 Å². The summed E-state index contributed by atoms with van der Waals surface area (Å²) in [6.45, 7) is 6.93. The van der Waals surface area contributed by atoms with E-state index in [9.17, 15) is 4.79 Å². The van der Waals surface area contributed by atoms with Crippen LogP contribution in [0.2, 0.25) is 0 Å². The van der Waals surface area contributed by atoms with E-state index in [1.807, 2.05) is 0 Å². The van der Waals surface area contributed by atoms with Gasteiger partial charge < -0.3 is 25.8 Å². The Balaban J connectivity index is 0.000000189. The molecule has 1 amide bonds. The zero-order valence-corrected chi connectivity index (χ0v) is 25.3. The molecule has 4 heterocycles. The maximum absolute atomic E-state index is 11.9. The predicted octanol–water partition coefficient (Wildman–Crippen LogP) is 5.15. The van der Waals surface area contributed by atoms with Crippen LogP contribution in [0, 0.1) is 0 Å². The molecular weight excluding hydrogens is 565 g/mol. The lowest BCUT2D eigenvalue weighted by Gasteiger charge is -2.15. The molecule has 6 rings (SSSR count). The predicted molar refractivity (Wildman–Crippen MR) is 178 cm³/mol. The first-order valence-electron chi connectivity index (χ1n) is 14.6. The molecule has 2 aliphatic rings. The molecule has 2 unspecified atom stereocenters. The van der Waals surface area contributed by atoms with Crippen LogP contribution in [-0.4, -0.2) is 86.9 Å². The van der Waals surface area contributed by atoms with E-state index in [4.69, 9.17) is 20.9 Å². The van der Waals surface area contributed by atoms with E-state index in [-0.39, 0.29) is 26.0 Å². The second-order valence-electron chi connectivity index (χ2n) is 11.0. The molecule has 2 aliphatic heterocycles. The van der Waals surface area contributed by atoms with E-state index in [0.717, 1.165) is 65.1 Å². The molecule has 42 heavy (non-hydrogen) atoms. The number of rotatable bonds is 11. The van der Waals surface area contributed by atoms with Crippen molar-refractivity contribution in [2.24, 2.45) is 11.5 Å². The van der Waals surface area contributed by atoms with E-state index in [1.54, 1.807) is 27.6 Å². The van der Waals surface area contributed by atoms with Gasteiger partial charge in [0.2, 0.25) is 5.91 Å². The number of thiophene rings is 2. The Bertz CT molecular complexity index is 1390. The number of carbonyl (C=O) groups excluding carboxylic acids is 1. The molecule has 2 saturated heterocycles. The van der Waals surface area contributed by atoms with E-state index in [2.05, 4.69) is 64.2 Å². The van der Waals surface area contributed by atoms with Crippen LogP contribution in [0.25, 0.3) is 20.2 Å². The molecule has 4 N–H and O–H groups in total. The molecule has 2 atom stereocenters. The van der Waals surface area contributed by atoms with Gasteiger partial charge in [-0.2, -0.15) is 0 Å². The smallest absolute Gasteiger partial charge is 0.248 e. The second-order valence-corrected chi connectivity index (χ2v) is 12.9. The van der Waals surface area contributed by atoms with Crippen molar-refractivity contribution in [3.8, 4) is 0 Å². The average molecular weight is 611 g/mol. The lowest BCUT2D eigenvalue weighted by Crippen LogP contribution is -2.34. The molecule has 2 aromatic heterocycles. The summed E-state index contributed by atoms with van der Waals surface area (Å²) in [7, 11) is 0. The van der Waals surface area contributed by atoms with Gasteiger partial charge in [-0.3, -0.25) is 9.69 Å². The Kier molecular flexibility index (Phi) is 12.8. The number of nitrogens with two attached hydrogens (primary N) is 2. The van der Waals surface area contributed by atoms with Gasteiger partial charge in [0.1, 0.15) is 6.61 Å². The lowest BCUT2D eigenvalue weighted by atomic mass is 10.1. The largest absolute Gasteiger partial charge is 0.380 e. The fraction of sp³-hybridized carbons (Fsp3) is 0.485. The maximum Gasteiger partial charge on any atom is 0.248 e. The average Bonchev–Trinajstić information content (AvgIpc) is 3.79. The monoisotopic (exact) mass is 610 g/mol. The quantitative estimate of drug-likeness (QED) is 0.228. The molecule has 2 aromatic carbocycles. The summed E-state index contributed by atoms with van der Waals surface area (Å²) in [5.41, 5.74) is 14.3. The van der Waals surface area contributed by atoms with Gasteiger partial charge in [0.05, 0.1) is 19.8 Å². The summed E-state index contributed by atoms with van der Waals surface area (Å²) in [4.78, 5) is 16.1. The second kappa shape index (κ2) is 16.5. The van der Waals surface area contributed by atoms with Crippen LogP contribution in [0.3, 0.4) is 0 Å². The Morgan fingerprint density at radius 1 is 0.786 bits per heavy atom. The van der Waals surface area contributed by atoms with E-state index in [0.29, 0.717) is 19.2 Å². The van der Waals surface area contributed by atoms with Gasteiger partial charge in [0, 0.05) is 47.7 Å². The number of nitrogens with zero attached hydrogens (tertiary/aromatic N) is 2. The zero-order chi connectivity index (χ0) is 28.4. The van der Waals surface area contributed by atoms with Crippen LogP contribution in [-0.2, 0) is 27.1 Å². The highest BCUT2D eigenvalue weighted by atomic mass is 32.1. The Morgan fingerprint density at radius 3 is 1.95 bits per heavy atom. The minimum Gasteiger partial charge on any atom is -0.380 e. The molecule has 0 saturated carbocycles. The summed E-state index contributed by atoms with van der Waals surface area (Å²) in [5.74, 6) is 0.0521. The highest BCUT2D eigenvalue weighted by Gasteiger charge is 2.23. The third-order valence-electron chi connectivity index (χ3n) is 7.77. The van der Waals surface area contributed by atoms with Gasteiger partial charge in [-0.1, -0.05) is 31.7 Å². The lowest BCUT2D eigenvalue weighted by molar-refractivity contribution is -0.135. The van der Waals surface area contributed by atoms with Crippen molar-refractivity contribution in [1.29, 1.82) is 0 Å². The molecule has 228 valence electrons. The van der Waals surface area contributed by atoms with Gasteiger partial charge in [-0.25, -0.2) is 0 Å². The zero-order valence-electron chi connectivity index (χ0n) is 23.7. The van der Waals surface area contributed by atoms with Crippen molar-refractivity contribution in [2.75, 3.05) is 59.2 Å². The molecule has 0 radical (unpaired) electrons. The van der Waals surface area contributed by atoms with E-state index in [1.165, 1.54) is 31.3 Å². The summed E-state index contributed by atoms with van der Waals surface area (Å²) < 4.78 is 13.9. The van der Waals surface area contributed by atoms with Gasteiger partial charge in [0.25, 0.3) is 0 Å². The minimum atomic E-state index is 0. The first-order chi connectivity index (χ1) is 20.0. The van der Waals surface area contributed by atoms with Crippen LogP contribution in [0.5, 0.6) is 0 Å². The number of hydrogen-bond acceptors (Lipinski definition) is 8. The molecule has 4 aromatic rings. The molecule has 9 heteroatoms. The minimum absolute atomic E-state index is 0. The molecule has 2 fully saturated rings. The highest BCUT2D eigenvalue weighted by molar-refractivity contribution is 7.17. The molecular formula is C33H46N4O3S2. The number of carbonyl (C=O) groups is 1. The standard InChI is InChI=1S/C16H20N2O2S.C16H22N2OS.CH4/c17-14-3-6-18(10-14)16(19)11-20-7-4-12-1-2-15-13(9-12)5-8-21-15;17-15-3-6-18(12-15)7-9-19-8-4-13-1-2-16-14(11-13)5-10-20-16;/h1-2,5,8-9,14H,3-4,6-7,10-11,17H2;1-2,5,10-11,15H,3-4,6-9,12,17H2;1H4. The van der Waals surface area contributed by atoms with Gasteiger partial charge in [-0.05, 0) is 89.2 Å². The SMILES string of the molecule is C.NC1CCN(C(=O)COCCc2ccc3sccc3c2)C1.NC1CCN(CCOCCc2ccc3sccc3c2)C1. The Morgan fingerprint density at radius 2 is 1.38 bits per heavy atom. The number of fused-ring (bicyclic) bond motifs is 2. The fourth-order valence-corrected chi connectivity index (χ4v) is 6.89. The van der Waals surface area contributed by atoms with Crippen molar-refractivity contribution in [3.05, 3.63) is 70.4 Å². The molecule has 0 spiro atoms. The molecule has 0 bridgehead atoms. The number of benzene rings is 2. The number of amides is 1. The van der Waals surface area contributed by atoms with Crippen molar-refractivity contribution in [2.45, 2.75) is 45.2 Å². The third kappa shape index (κ3) is 9.57. The van der Waals surface area contributed by atoms with Crippen molar-refractivity contribution in [1.82, 2.24) is 9.80 Å². The van der Waals surface area contributed by atoms with Crippen LogP contribution < -0.4 is 11.5 Å². The molecule has 0 aliphatic carbocycles. The summed E-state index contributed by atoms with van der Waals surface area (Å²) in [6.07, 6.45) is 3.84. The summed E-state index contributed by atoms with van der Waals surface area (Å²) >= 11 is 3.55. The third-order valence-corrected chi connectivity index (χ3v) is 9.56. The normalized spacial score (nSPS) is 18.8. The van der Waals surface area contributed by atoms with Gasteiger partial charge in [-0.15, -0.1) is 22.7 Å². The van der Waals surface area contributed by atoms with E-state index < -0.39 is 0 Å². The molecule has 7 nitrogen and oxygen atoms in total. The van der Waals surface area contributed by atoms with Crippen LogP contribution in [0.4, 0.5) is 0 Å². The van der Waals surface area contributed by atoms with Crippen LogP contribution >= 0.6 is 22.7 Å². The number of likely N-dealkylation sites (tertiary alicyclic amines) is 2. The van der Waals surface area contributed by atoms with E-state index >= 15 is 0 Å². The number of ether oxygens (including phenoxy) is 2. The highest BCUT2D eigenvalue weighted by Crippen LogP contribution is 2.23. The van der Waals surface area contributed by atoms with Crippen molar-refractivity contribution >= 4 is 48.8 Å². The van der Waals surface area contributed by atoms with Crippen molar-refractivity contribution < 1.29 is 14.3 Å². The summed E-state index contributed by atoms with van der Waals surface area (Å²) in [5, 5.41) is 6.87. The Hall–Kier alpha value is -2.37. The first-order valence-corrected chi connectivity index (χ1v) is 16.4. The first kappa shape index (κ1) is 32.5. The number of hydrogen-bond donors (Lipinski definition) is 2. The summed E-state index contributed by atoms with van der Waals surface area (Å²) in [6, 6.07) is 18.0. The maximum atomic E-state index is 11.9. The van der Waals surface area contributed by atoms with Crippen molar-refractivity contribution in [3.63, 3.8) is 0 Å². The van der Waals surface area contributed by atoms with Crippen LogP contribution in [0.15, 0.2) is 59.3 Å². The van der Waals surface area contributed by atoms with Gasteiger partial charge >= 0.3 is 0 Å². The Labute approximate surface area is 258 Å². The fourth-order valence-electron chi connectivity index (χ4n) is 5.35. The topological polar surface area (TPSA) is 94.0 Å². The van der Waals surface area contributed by atoms with Gasteiger partial charge in [0.15, 0.2) is 0 Å².